The molecule has 0 radical (unpaired) electrons. The van der Waals surface area contributed by atoms with Crippen LogP contribution < -0.4 is 0 Å². The van der Waals surface area contributed by atoms with Gasteiger partial charge in [-0.25, -0.2) is 0 Å². The van der Waals surface area contributed by atoms with Gasteiger partial charge in [-0.1, -0.05) is 6.07 Å². The first-order valence-corrected chi connectivity index (χ1v) is 3.46. The van der Waals surface area contributed by atoms with E-state index in [0.717, 1.165) is 5.56 Å². The molecule has 12 heavy (non-hydrogen) atoms. The Kier molecular flexibility index (Phi) is 2.35. The quantitative estimate of drug-likeness (QED) is 0.639. The summed E-state index contributed by atoms with van der Waals surface area (Å²) in [5.41, 5.74) is 0.925. The molecule has 0 aliphatic rings. The van der Waals surface area contributed by atoms with Gasteiger partial charge in [0.25, 0.3) is 0 Å². The molecule has 66 valence electrons. The molecule has 0 bridgehead atoms. The number of aromatic nitrogens is 1. The molecule has 1 rings (SSSR count). The summed E-state index contributed by atoms with van der Waals surface area (Å²) in [7, 11) is 0. The molecule has 0 spiro atoms. The fourth-order valence-corrected chi connectivity index (χ4v) is 0.808. The molecule has 4 heteroatoms. The van der Waals surface area contributed by atoms with Gasteiger partial charge in [-0.15, -0.1) is 0 Å². The molecule has 1 aromatic rings. The Morgan fingerprint density at radius 1 is 1.33 bits per heavy atom. The van der Waals surface area contributed by atoms with E-state index in [2.05, 4.69) is 4.98 Å². The van der Waals surface area contributed by atoms with Gasteiger partial charge < -0.3 is 0 Å². The smallest absolute Gasteiger partial charge is 0.261 e. The van der Waals surface area contributed by atoms with E-state index in [1.54, 1.807) is 13.0 Å². The summed E-state index contributed by atoms with van der Waals surface area (Å²) in [4.78, 5) is 3.64. The molecule has 1 heterocycles. The van der Waals surface area contributed by atoms with Crippen LogP contribution in [0.5, 0.6) is 0 Å². The molecule has 0 saturated heterocycles. The topological polar surface area (TPSA) is 12.9 Å². The summed E-state index contributed by atoms with van der Waals surface area (Å²) in [6, 6.07) is 3.01. The van der Waals surface area contributed by atoms with Gasteiger partial charge in [0.05, 0.1) is 6.42 Å². The Morgan fingerprint density at radius 3 is 2.42 bits per heavy atom. The SMILES string of the molecule is Cc1ccc(CC(F)(F)F)nc1. The van der Waals surface area contributed by atoms with Crippen LogP contribution in [0.4, 0.5) is 13.2 Å². The van der Waals surface area contributed by atoms with Gasteiger partial charge in [0, 0.05) is 11.9 Å². The normalized spacial score (nSPS) is 11.7. The minimum atomic E-state index is -4.16. The summed E-state index contributed by atoms with van der Waals surface area (Å²) in [5.74, 6) is 0. The van der Waals surface area contributed by atoms with Gasteiger partial charge >= 0.3 is 6.18 Å². The van der Waals surface area contributed by atoms with E-state index in [0.29, 0.717) is 0 Å². The maximum Gasteiger partial charge on any atom is 0.394 e. The molecule has 0 unspecified atom stereocenters. The van der Waals surface area contributed by atoms with E-state index in [9.17, 15) is 13.2 Å². The third-order valence-electron chi connectivity index (χ3n) is 1.35. The highest BCUT2D eigenvalue weighted by Crippen LogP contribution is 2.19. The third-order valence-corrected chi connectivity index (χ3v) is 1.35. The molecule has 0 saturated carbocycles. The first kappa shape index (κ1) is 9.03. The van der Waals surface area contributed by atoms with Gasteiger partial charge in [-0.05, 0) is 18.6 Å². The van der Waals surface area contributed by atoms with E-state index in [4.69, 9.17) is 0 Å². The Morgan fingerprint density at radius 2 is 2.00 bits per heavy atom. The second-order valence-corrected chi connectivity index (χ2v) is 2.62. The van der Waals surface area contributed by atoms with Crippen LogP contribution >= 0.6 is 0 Å². The van der Waals surface area contributed by atoms with Crippen molar-refractivity contribution in [3.05, 3.63) is 29.6 Å². The number of nitrogens with zero attached hydrogens (tertiary/aromatic N) is 1. The van der Waals surface area contributed by atoms with Crippen LogP contribution in [0.15, 0.2) is 18.3 Å². The highest BCUT2D eigenvalue weighted by molar-refractivity contribution is 5.12. The molecule has 1 nitrogen and oxygen atoms in total. The van der Waals surface area contributed by atoms with Gasteiger partial charge in [-0.2, -0.15) is 13.2 Å². The molecule has 0 aliphatic heterocycles. The second-order valence-electron chi connectivity index (χ2n) is 2.62. The van der Waals surface area contributed by atoms with Gasteiger partial charge in [0.1, 0.15) is 0 Å². The van der Waals surface area contributed by atoms with Crippen molar-refractivity contribution in [2.75, 3.05) is 0 Å². The first-order chi connectivity index (χ1) is 5.47. The van der Waals surface area contributed by atoms with Crippen molar-refractivity contribution in [2.24, 2.45) is 0 Å². The summed E-state index contributed by atoms with van der Waals surface area (Å²) in [6.45, 7) is 1.78. The maximum atomic E-state index is 11.8. The zero-order chi connectivity index (χ0) is 9.19. The van der Waals surface area contributed by atoms with Crippen molar-refractivity contribution in [1.29, 1.82) is 0 Å². The van der Waals surface area contributed by atoms with Crippen LogP contribution in [-0.2, 0) is 6.42 Å². The summed E-state index contributed by atoms with van der Waals surface area (Å²) in [6.07, 6.45) is -3.68. The highest BCUT2D eigenvalue weighted by atomic mass is 19.4. The lowest BCUT2D eigenvalue weighted by Crippen LogP contribution is -2.12. The van der Waals surface area contributed by atoms with E-state index >= 15 is 0 Å². The number of halogens is 3. The zero-order valence-corrected chi connectivity index (χ0v) is 6.52. The molecule has 0 aliphatic carbocycles. The Labute approximate surface area is 68.2 Å². The van der Waals surface area contributed by atoms with E-state index < -0.39 is 12.6 Å². The van der Waals surface area contributed by atoms with Crippen molar-refractivity contribution in [1.82, 2.24) is 4.98 Å². The third kappa shape index (κ3) is 2.90. The van der Waals surface area contributed by atoms with Crippen molar-refractivity contribution in [2.45, 2.75) is 19.5 Å². The van der Waals surface area contributed by atoms with Crippen LogP contribution in [0.25, 0.3) is 0 Å². The van der Waals surface area contributed by atoms with Crippen molar-refractivity contribution >= 4 is 0 Å². The fourth-order valence-electron chi connectivity index (χ4n) is 0.808. The average Bonchev–Trinajstić information content (AvgIpc) is 1.91. The molecule has 0 atom stereocenters. The monoisotopic (exact) mass is 175 g/mol. The summed E-state index contributed by atoms with van der Waals surface area (Å²) < 4.78 is 35.4. The number of pyridine rings is 1. The van der Waals surface area contributed by atoms with Crippen LogP contribution in [0, 0.1) is 6.92 Å². The van der Waals surface area contributed by atoms with Gasteiger partial charge in [-0.3, -0.25) is 4.98 Å². The molecule has 0 amide bonds. The largest absolute Gasteiger partial charge is 0.394 e. The van der Waals surface area contributed by atoms with Crippen molar-refractivity contribution in [3.8, 4) is 0 Å². The second kappa shape index (κ2) is 3.13. The Hall–Kier alpha value is -1.06. The molecule has 0 fully saturated rings. The summed E-state index contributed by atoms with van der Waals surface area (Å²) in [5, 5.41) is 0. The lowest BCUT2D eigenvalue weighted by atomic mass is 10.2. The van der Waals surface area contributed by atoms with E-state index in [-0.39, 0.29) is 5.69 Å². The van der Waals surface area contributed by atoms with Gasteiger partial charge in [0.15, 0.2) is 0 Å². The number of rotatable bonds is 1. The number of hydrogen-bond acceptors (Lipinski definition) is 1. The fraction of sp³-hybridized carbons (Fsp3) is 0.375. The average molecular weight is 175 g/mol. The van der Waals surface area contributed by atoms with Crippen LogP contribution in [0.2, 0.25) is 0 Å². The van der Waals surface area contributed by atoms with E-state index in [1.807, 2.05) is 0 Å². The maximum absolute atomic E-state index is 11.8. The van der Waals surface area contributed by atoms with Crippen molar-refractivity contribution < 1.29 is 13.2 Å². The Bertz CT molecular complexity index is 250. The molecular weight excluding hydrogens is 167 g/mol. The minimum Gasteiger partial charge on any atom is -0.261 e. The number of aryl methyl sites for hydroxylation is 1. The van der Waals surface area contributed by atoms with Crippen molar-refractivity contribution in [3.63, 3.8) is 0 Å². The van der Waals surface area contributed by atoms with Crippen LogP contribution in [0.1, 0.15) is 11.3 Å². The number of alkyl halides is 3. The lowest BCUT2D eigenvalue weighted by Gasteiger charge is -2.04. The highest BCUT2D eigenvalue weighted by Gasteiger charge is 2.28. The standard InChI is InChI=1S/C8H8F3N/c1-6-2-3-7(12-5-6)4-8(9,10)11/h2-3,5H,4H2,1H3. The van der Waals surface area contributed by atoms with Gasteiger partial charge in [0.2, 0.25) is 0 Å². The minimum absolute atomic E-state index is 0.0631. The predicted octanol–water partition coefficient (Wildman–Crippen LogP) is 2.49. The van der Waals surface area contributed by atoms with E-state index in [1.165, 1.54) is 12.3 Å². The Balaban J connectivity index is 2.71. The summed E-state index contributed by atoms with van der Waals surface area (Å²) >= 11 is 0. The molecule has 0 aromatic carbocycles. The van der Waals surface area contributed by atoms with Crippen LogP contribution in [-0.4, -0.2) is 11.2 Å². The number of hydrogen-bond donors (Lipinski definition) is 0. The molecule has 0 N–H and O–H groups in total. The zero-order valence-electron chi connectivity index (χ0n) is 6.52. The molecular formula is C8H8F3N. The first-order valence-electron chi connectivity index (χ1n) is 3.46. The van der Waals surface area contributed by atoms with Crippen LogP contribution in [0.3, 0.4) is 0 Å². The molecule has 1 aromatic heterocycles. The predicted molar refractivity (Wildman–Crippen MR) is 38.7 cm³/mol. The lowest BCUT2D eigenvalue weighted by molar-refractivity contribution is -0.127.